The van der Waals surface area contributed by atoms with Gasteiger partial charge < -0.3 is 10.0 Å². The summed E-state index contributed by atoms with van der Waals surface area (Å²) in [6.07, 6.45) is 0. The minimum atomic E-state index is -0.970. The third kappa shape index (κ3) is 4.04. The van der Waals surface area contributed by atoms with Gasteiger partial charge in [0.05, 0.1) is 11.3 Å². The van der Waals surface area contributed by atoms with Gasteiger partial charge in [-0.2, -0.15) is 5.10 Å². The van der Waals surface area contributed by atoms with Crippen LogP contribution in [0.3, 0.4) is 0 Å². The highest BCUT2D eigenvalue weighted by Gasteiger charge is 2.23. The van der Waals surface area contributed by atoms with Crippen LogP contribution in [-0.4, -0.2) is 45.3 Å². The third-order valence-electron chi connectivity index (χ3n) is 3.92. The van der Waals surface area contributed by atoms with Crippen molar-refractivity contribution in [1.82, 2.24) is 14.7 Å². The molecule has 1 atom stereocenters. The Bertz CT molecular complexity index is 857. The highest BCUT2D eigenvalue weighted by molar-refractivity contribution is 6.04. The van der Waals surface area contributed by atoms with Gasteiger partial charge in [0, 0.05) is 25.5 Å². The number of rotatable bonds is 6. The first-order valence-corrected chi connectivity index (χ1v) is 8.20. The average molecular weight is 345 g/mol. The summed E-state index contributed by atoms with van der Waals surface area (Å²) < 4.78 is 1.31. The molecule has 0 spiro atoms. The molecular formula is C18H23N3O4. The molecule has 7 heteroatoms. The number of nitrogens with zero attached hydrogens (tertiary/aromatic N) is 3. The van der Waals surface area contributed by atoms with Crippen molar-refractivity contribution in [2.24, 2.45) is 11.8 Å². The van der Waals surface area contributed by atoms with E-state index in [9.17, 15) is 14.4 Å². The third-order valence-corrected chi connectivity index (χ3v) is 3.92. The minimum absolute atomic E-state index is 0.0630. The summed E-state index contributed by atoms with van der Waals surface area (Å²) >= 11 is 0. The average Bonchev–Trinajstić information content (AvgIpc) is 2.56. The smallest absolute Gasteiger partial charge is 0.308 e. The fraction of sp³-hybridized carbons (Fsp3) is 0.444. The first kappa shape index (κ1) is 18.6. The first-order chi connectivity index (χ1) is 11.7. The molecule has 0 fully saturated rings. The molecule has 0 aliphatic heterocycles. The molecule has 7 nitrogen and oxygen atoms in total. The van der Waals surface area contributed by atoms with Crippen molar-refractivity contribution in [3.63, 3.8) is 0 Å². The Hall–Kier alpha value is -2.70. The number of aromatic nitrogens is 2. The summed E-state index contributed by atoms with van der Waals surface area (Å²) in [6, 6.07) is 6.85. The van der Waals surface area contributed by atoms with Crippen LogP contribution in [0.15, 0.2) is 29.1 Å². The summed E-state index contributed by atoms with van der Waals surface area (Å²) in [5.41, 5.74) is -0.0710. The molecule has 0 saturated heterocycles. The number of benzene rings is 1. The lowest BCUT2D eigenvalue weighted by Gasteiger charge is -2.20. The zero-order valence-electron chi connectivity index (χ0n) is 14.9. The van der Waals surface area contributed by atoms with Gasteiger partial charge in [-0.15, -0.1) is 0 Å². The molecule has 1 aromatic heterocycles. The van der Waals surface area contributed by atoms with E-state index >= 15 is 0 Å². The zero-order chi connectivity index (χ0) is 18.7. The second-order valence-corrected chi connectivity index (χ2v) is 6.70. The maximum absolute atomic E-state index is 12.8. The number of carboxylic acid groups (broad SMARTS) is 1. The lowest BCUT2D eigenvalue weighted by atomic mass is 10.1. The van der Waals surface area contributed by atoms with Gasteiger partial charge in [0.15, 0.2) is 5.69 Å². The van der Waals surface area contributed by atoms with E-state index in [1.165, 1.54) is 23.6 Å². The molecule has 0 saturated carbocycles. The van der Waals surface area contributed by atoms with Crippen molar-refractivity contribution in [2.75, 3.05) is 13.6 Å². The molecule has 0 aliphatic rings. The van der Waals surface area contributed by atoms with E-state index in [2.05, 4.69) is 5.10 Å². The number of carboxylic acids is 1. The Morgan fingerprint density at radius 1 is 1.20 bits per heavy atom. The largest absolute Gasteiger partial charge is 0.481 e. The van der Waals surface area contributed by atoms with Crippen LogP contribution < -0.4 is 5.56 Å². The maximum atomic E-state index is 12.8. The van der Waals surface area contributed by atoms with Gasteiger partial charge in [0.25, 0.3) is 11.5 Å². The Morgan fingerprint density at radius 3 is 2.36 bits per heavy atom. The number of carbonyl (C=O) groups is 2. The first-order valence-electron chi connectivity index (χ1n) is 8.20. The molecule has 1 heterocycles. The number of aliphatic carboxylic acids is 1. The van der Waals surface area contributed by atoms with Crippen LogP contribution in [0.1, 0.15) is 31.3 Å². The van der Waals surface area contributed by atoms with E-state index in [0.29, 0.717) is 17.3 Å². The summed E-state index contributed by atoms with van der Waals surface area (Å²) in [5.74, 6) is -1.87. The van der Waals surface area contributed by atoms with Crippen molar-refractivity contribution in [3.05, 3.63) is 40.3 Å². The quantitative estimate of drug-likeness (QED) is 0.862. The van der Waals surface area contributed by atoms with Crippen LogP contribution in [-0.2, 0) is 11.3 Å². The number of carbonyl (C=O) groups excluding carboxylic acids is 1. The van der Waals surface area contributed by atoms with E-state index in [-0.39, 0.29) is 23.7 Å². The van der Waals surface area contributed by atoms with E-state index in [0.717, 1.165) is 0 Å². The van der Waals surface area contributed by atoms with Crippen molar-refractivity contribution in [2.45, 2.75) is 27.3 Å². The van der Waals surface area contributed by atoms with E-state index < -0.39 is 17.8 Å². The SMILES string of the molecule is CC(C)Cn1nc(C(=O)N(C)CC(C)C(=O)O)c2ccccc2c1=O. The van der Waals surface area contributed by atoms with Gasteiger partial charge in [0.2, 0.25) is 0 Å². The highest BCUT2D eigenvalue weighted by atomic mass is 16.4. The molecule has 0 radical (unpaired) electrons. The fourth-order valence-electron chi connectivity index (χ4n) is 2.62. The number of hydrogen-bond donors (Lipinski definition) is 1. The number of amides is 1. The summed E-state index contributed by atoms with van der Waals surface area (Å²) in [5, 5.41) is 14.2. The van der Waals surface area contributed by atoms with E-state index in [1.54, 1.807) is 24.3 Å². The Morgan fingerprint density at radius 2 is 1.80 bits per heavy atom. The molecule has 1 N–H and O–H groups in total. The molecule has 1 unspecified atom stereocenters. The molecule has 134 valence electrons. The minimum Gasteiger partial charge on any atom is -0.481 e. The zero-order valence-corrected chi connectivity index (χ0v) is 14.9. The Labute approximate surface area is 145 Å². The van der Waals surface area contributed by atoms with Crippen LogP contribution in [0.2, 0.25) is 0 Å². The predicted octanol–water partition coefficient (Wildman–Crippen LogP) is 1.85. The second kappa shape index (κ2) is 7.46. The lowest BCUT2D eigenvalue weighted by Crippen LogP contribution is -2.36. The van der Waals surface area contributed by atoms with Gasteiger partial charge in [-0.1, -0.05) is 39.0 Å². The maximum Gasteiger partial charge on any atom is 0.308 e. The van der Waals surface area contributed by atoms with Crippen molar-refractivity contribution in [1.29, 1.82) is 0 Å². The van der Waals surface area contributed by atoms with Gasteiger partial charge in [-0.25, -0.2) is 4.68 Å². The molecule has 1 amide bonds. The highest BCUT2D eigenvalue weighted by Crippen LogP contribution is 2.16. The molecule has 0 bridgehead atoms. The van der Waals surface area contributed by atoms with Crippen LogP contribution in [0.25, 0.3) is 10.8 Å². The van der Waals surface area contributed by atoms with E-state index in [4.69, 9.17) is 5.11 Å². The molecule has 1 aromatic carbocycles. The fourth-order valence-corrected chi connectivity index (χ4v) is 2.62. The standard InChI is InChI=1S/C18H23N3O4/c1-11(2)9-21-16(22)14-8-6-5-7-13(14)15(19-21)17(23)20(4)10-12(3)18(24)25/h5-8,11-12H,9-10H2,1-4H3,(H,24,25). The monoisotopic (exact) mass is 345 g/mol. The second-order valence-electron chi connectivity index (χ2n) is 6.70. The topological polar surface area (TPSA) is 92.5 Å². The molecule has 25 heavy (non-hydrogen) atoms. The number of fused-ring (bicyclic) bond motifs is 1. The van der Waals surface area contributed by atoms with Gasteiger partial charge in [-0.05, 0) is 12.0 Å². The summed E-state index contributed by atoms with van der Waals surface area (Å²) in [4.78, 5) is 37.8. The van der Waals surface area contributed by atoms with Crippen LogP contribution in [0.5, 0.6) is 0 Å². The van der Waals surface area contributed by atoms with Gasteiger partial charge in [0.1, 0.15) is 0 Å². The summed E-state index contributed by atoms with van der Waals surface area (Å²) in [6.45, 7) is 5.93. The summed E-state index contributed by atoms with van der Waals surface area (Å²) in [7, 11) is 1.54. The molecule has 2 aromatic rings. The normalized spacial score (nSPS) is 12.4. The number of hydrogen-bond acceptors (Lipinski definition) is 4. The van der Waals surface area contributed by atoms with Crippen LogP contribution in [0.4, 0.5) is 0 Å². The lowest BCUT2D eigenvalue weighted by molar-refractivity contribution is -0.141. The van der Waals surface area contributed by atoms with E-state index in [1.807, 2.05) is 13.8 Å². The molecular weight excluding hydrogens is 322 g/mol. The van der Waals surface area contributed by atoms with Gasteiger partial charge in [-0.3, -0.25) is 14.4 Å². The Balaban J connectivity index is 2.52. The van der Waals surface area contributed by atoms with Crippen LogP contribution in [0, 0.1) is 11.8 Å². The van der Waals surface area contributed by atoms with Crippen molar-refractivity contribution < 1.29 is 14.7 Å². The molecule has 0 aliphatic carbocycles. The van der Waals surface area contributed by atoms with Gasteiger partial charge >= 0.3 is 5.97 Å². The van der Waals surface area contributed by atoms with Crippen molar-refractivity contribution >= 4 is 22.6 Å². The Kier molecular flexibility index (Phi) is 5.56. The predicted molar refractivity (Wildman–Crippen MR) is 94.6 cm³/mol. The van der Waals surface area contributed by atoms with Crippen molar-refractivity contribution in [3.8, 4) is 0 Å². The molecule has 2 rings (SSSR count). The van der Waals surface area contributed by atoms with Crippen LogP contribution >= 0.6 is 0 Å².